The van der Waals surface area contributed by atoms with E-state index in [-0.39, 0.29) is 6.42 Å². The number of unbranched alkanes of at least 4 members (excludes halogenated alkanes) is 13. The number of rotatable bonds is 19. The summed E-state index contributed by atoms with van der Waals surface area (Å²) in [6, 6.07) is 0. The molecular formula is C22H42O3. The number of aliphatic hydroxyl groups is 1. The Morgan fingerprint density at radius 2 is 1.20 bits per heavy atom. The molecule has 0 spiro atoms. The summed E-state index contributed by atoms with van der Waals surface area (Å²) in [5.41, 5.74) is 0. The van der Waals surface area contributed by atoms with Gasteiger partial charge in [0, 0.05) is 0 Å². The van der Waals surface area contributed by atoms with Gasteiger partial charge >= 0.3 is 5.97 Å². The Balaban J connectivity index is 3.13. The first kappa shape index (κ1) is 24.2. The molecule has 0 aromatic rings. The van der Waals surface area contributed by atoms with Gasteiger partial charge in [-0.25, -0.2) is 0 Å². The van der Waals surface area contributed by atoms with Gasteiger partial charge in [0.2, 0.25) is 0 Å². The fraction of sp³-hybridized carbons (Fsp3) is 0.864. The van der Waals surface area contributed by atoms with Gasteiger partial charge in [-0.2, -0.15) is 0 Å². The fourth-order valence-corrected chi connectivity index (χ4v) is 3.11. The van der Waals surface area contributed by atoms with Gasteiger partial charge in [-0.15, -0.1) is 0 Å². The molecule has 0 radical (unpaired) electrons. The first-order chi connectivity index (χ1) is 12.2. The zero-order valence-electron chi connectivity index (χ0n) is 16.6. The summed E-state index contributed by atoms with van der Waals surface area (Å²) < 4.78 is 0. The molecule has 0 bridgehead atoms. The molecule has 0 saturated carbocycles. The molecule has 25 heavy (non-hydrogen) atoms. The summed E-state index contributed by atoms with van der Waals surface area (Å²) in [7, 11) is 0. The maximum atomic E-state index is 10.4. The predicted octanol–water partition coefficient (Wildman–Crippen LogP) is 6.64. The summed E-state index contributed by atoms with van der Waals surface area (Å²) >= 11 is 0. The van der Waals surface area contributed by atoms with Gasteiger partial charge in [-0.05, 0) is 32.1 Å². The van der Waals surface area contributed by atoms with Crippen molar-refractivity contribution in [2.45, 2.75) is 122 Å². The van der Waals surface area contributed by atoms with Gasteiger partial charge < -0.3 is 10.2 Å². The second-order valence-electron chi connectivity index (χ2n) is 7.33. The Bertz CT molecular complexity index is 312. The maximum Gasteiger partial charge on any atom is 0.305 e. The Hall–Kier alpha value is -0.830. The van der Waals surface area contributed by atoms with Crippen LogP contribution in [-0.2, 0) is 4.79 Å². The third-order valence-electron chi connectivity index (χ3n) is 4.71. The molecule has 0 rings (SSSR count). The lowest BCUT2D eigenvalue weighted by Crippen LogP contribution is -2.12. The highest BCUT2D eigenvalue weighted by Crippen LogP contribution is 2.13. The van der Waals surface area contributed by atoms with Crippen LogP contribution in [0.3, 0.4) is 0 Å². The lowest BCUT2D eigenvalue weighted by atomic mass is 10.0. The Kier molecular flexibility index (Phi) is 18.8. The van der Waals surface area contributed by atoms with Crippen molar-refractivity contribution >= 4 is 5.97 Å². The van der Waals surface area contributed by atoms with Crippen LogP contribution in [0.1, 0.15) is 116 Å². The number of carboxylic acids is 1. The normalized spacial score (nSPS) is 12.7. The first-order valence-corrected chi connectivity index (χ1v) is 10.7. The molecule has 0 aliphatic rings. The minimum atomic E-state index is -0.907. The molecular weight excluding hydrogens is 312 g/mol. The quantitative estimate of drug-likeness (QED) is 0.202. The summed E-state index contributed by atoms with van der Waals surface area (Å²) in [4.78, 5) is 10.4. The van der Waals surface area contributed by atoms with Crippen LogP contribution in [-0.4, -0.2) is 22.3 Å². The van der Waals surface area contributed by atoms with Crippen molar-refractivity contribution < 1.29 is 15.0 Å². The van der Waals surface area contributed by atoms with Gasteiger partial charge in [0.05, 0.1) is 12.5 Å². The van der Waals surface area contributed by atoms with E-state index in [1.165, 1.54) is 83.5 Å². The molecule has 1 atom stereocenters. The van der Waals surface area contributed by atoms with Crippen LogP contribution in [0.2, 0.25) is 0 Å². The monoisotopic (exact) mass is 354 g/mol. The zero-order valence-corrected chi connectivity index (χ0v) is 16.6. The van der Waals surface area contributed by atoms with Crippen molar-refractivity contribution in [3.05, 3.63) is 12.2 Å². The van der Waals surface area contributed by atoms with Crippen LogP contribution >= 0.6 is 0 Å². The van der Waals surface area contributed by atoms with Gasteiger partial charge in [0.25, 0.3) is 0 Å². The fourth-order valence-electron chi connectivity index (χ4n) is 3.11. The third-order valence-corrected chi connectivity index (χ3v) is 4.71. The van der Waals surface area contributed by atoms with Crippen LogP contribution < -0.4 is 0 Å². The summed E-state index contributed by atoms with van der Waals surface area (Å²) in [6.45, 7) is 2.25. The Morgan fingerprint density at radius 3 is 1.68 bits per heavy atom. The number of hydrogen-bond donors (Lipinski definition) is 2. The topological polar surface area (TPSA) is 57.5 Å². The van der Waals surface area contributed by atoms with E-state index in [4.69, 9.17) is 5.11 Å². The van der Waals surface area contributed by atoms with E-state index >= 15 is 0 Å². The highest BCUT2D eigenvalue weighted by Gasteiger charge is 2.08. The lowest BCUT2D eigenvalue weighted by molar-refractivity contribution is -0.139. The number of allylic oxidation sites excluding steroid dienone is 2. The number of aliphatic carboxylic acids is 1. The molecule has 3 heteroatoms. The Labute approximate surface area is 155 Å². The van der Waals surface area contributed by atoms with E-state index in [0.29, 0.717) is 6.42 Å². The summed E-state index contributed by atoms with van der Waals surface area (Å²) in [5.74, 6) is -0.907. The van der Waals surface area contributed by atoms with Crippen LogP contribution in [0, 0.1) is 0 Å². The SMILES string of the molecule is CCCCC/C=C\CCCCCCCCCCCC[C@@H](O)CC(=O)O. The van der Waals surface area contributed by atoms with Crippen LogP contribution in [0.4, 0.5) is 0 Å². The van der Waals surface area contributed by atoms with E-state index < -0.39 is 12.1 Å². The van der Waals surface area contributed by atoms with Crippen molar-refractivity contribution in [2.24, 2.45) is 0 Å². The third kappa shape index (κ3) is 21.1. The first-order valence-electron chi connectivity index (χ1n) is 10.7. The molecule has 0 aliphatic carbocycles. The van der Waals surface area contributed by atoms with E-state index in [2.05, 4.69) is 19.1 Å². The molecule has 0 aromatic carbocycles. The predicted molar refractivity (Wildman–Crippen MR) is 107 cm³/mol. The molecule has 0 saturated heterocycles. The van der Waals surface area contributed by atoms with Crippen LogP contribution in [0.25, 0.3) is 0 Å². The standard InChI is InChI=1S/C22H42O3/c1-2-3-4-5-6-7-8-9-10-11-12-13-14-15-16-17-18-19-21(23)20-22(24)25/h6-7,21,23H,2-5,8-20H2,1H3,(H,24,25)/b7-6-/t21-/m1/s1. The van der Waals surface area contributed by atoms with Gasteiger partial charge in [-0.3, -0.25) is 4.79 Å². The molecule has 0 heterocycles. The van der Waals surface area contributed by atoms with Gasteiger partial charge in [0.1, 0.15) is 0 Å². The highest BCUT2D eigenvalue weighted by atomic mass is 16.4. The van der Waals surface area contributed by atoms with Crippen molar-refractivity contribution in [2.75, 3.05) is 0 Å². The van der Waals surface area contributed by atoms with Crippen molar-refractivity contribution in [1.82, 2.24) is 0 Å². The van der Waals surface area contributed by atoms with Gasteiger partial charge in [0.15, 0.2) is 0 Å². The highest BCUT2D eigenvalue weighted by molar-refractivity contribution is 5.67. The molecule has 148 valence electrons. The molecule has 2 N–H and O–H groups in total. The number of hydrogen-bond acceptors (Lipinski definition) is 2. The largest absolute Gasteiger partial charge is 0.481 e. The maximum absolute atomic E-state index is 10.4. The molecule has 0 aliphatic heterocycles. The van der Waals surface area contributed by atoms with E-state index in [1.807, 2.05) is 0 Å². The number of carbonyl (C=O) groups is 1. The van der Waals surface area contributed by atoms with E-state index in [1.54, 1.807) is 0 Å². The molecule has 0 unspecified atom stereocenters. The number of carboxylic acid groups (broad SMARTS) is 1. The van der Waals surface area contributed by atoms with Crippen molar-refractivity contribution in [3.63, 3.8) is 0 Å². The summed E-state index contributed by atoms with van der Waals surface area (Å²) in [5, 5.41) is 18.0. The van der Waals surface area contributed by atoms with Crippen molar-refractivity contribution in [3.8, 4) is 0 Å². The molecule has 0 amide bonds. The summed E-state index contributed by atoms with van der Waals surface area (Å²) in [6.07, 6.45) is 23.7. The number of aliphatic hydroxyl groups excluding tert-OH is 1. The second kappa shape index (κ2) is 19.5. The average molecular weight is 355 g/mol. The molecule has 0 fully saturated rings. The smallest absolute Gasteiger partial charge is 0.305 e. The molecule has 0 aromatic heterocycles. The van der Waals surface area contributed by atoms with Crippen LogP contribution in [0.15, 0.2) is 12.2 Å². The van der Waals surface area contributed by atoms with Gasteiger partial charge in [-0.1, -0.05) is 89.7 Å². The minimum Gasteiger partial charge on any atom is -0.481 e. The molecule has 3 nitrogen and oxygen atoms in total. The Morgan fingerprint density at radius 1 is 0.760 bits per heavy atom. The van der Waals surface area contributed by atoms with Crippen LogP contribution in [0.5, 0.6) is 0 Å². The van der Waals surface area contributed by atoms with E-state index in [9.17, 15) is 9.90 Å². The zero-order chi connectivity index (χ0) is 18.6. The average Bonchev–Trinajstić information content (AvgIpc) is 2.57. The van der Waals surface area contributed by atoms with E-state index in [0.717, 1.165) is 12.8 Å². The minimum absolute atomic E-state index is 0.116. The lowest BCUT2D eigenvalue weighted by Gasteiger charge is -2.07. The second-order valence-corrected chi connectivity index (χ2v) is 7.33. The van der Waals surface area contributed by atoms with Crippen molar-refractivity contribution in [1.29, 1.82) is 0 Å².